The molecule has 0 aliphatic heterocycles. The predicted octanol–water partition coefficient (Wildman–Crippen LogP) is 4.17. The molecule has 2 aromatic rings. The number of rotatable bonds is 1. The minimum atomic E-state index is 0. The van der Waals surface area contributed by atoms with E-state index in [0.29, 0.717) is 8.95 Å². The molecule has 0 radical (unpaired) electrons. The van der Waals surface area contributed by atoms with Gasteiger partial charge >= 0.3 is 0 Å². The second-order valence-electron chi connectivity index (χ2n) is 3.29. The van der Waals surface area contributed by atoms with Crippen LogP contribution in [0.2, 0.25) is 0 Å². The van der Waals surface area contributed by atoms with E-state index in [2.05, 4.69) is 48.3 Å². The fourth-order valence-corrected chi connectivity index (χ4v) is 2.88. The summed E-state index contributed by atoms with van der Waals surface area (Å²) < 4.78 is 3.42. The molecule has 16 heavy (non-hydrogen) atoms. The third-order valence-electron chi connectivity index (χ3n) is 2.42. The van der Waals surface area contributed by atoms with Crippen LogP contribution < -0.4 is 0 Å². The number of benzene rings is 1. The van der Waals surface area contributed by atoms with Gasteiger partial charge in [-0.05, 0) is 51.8 Å². The SMILES string of the molecule is Br.CCn1c(C)nc2c(Br)c(O)c(Br)cc21. The number of imidazole rings is 1. The van der Waals surface area contributed by atoms with E-state index in [-0.39, 0.29) is 22.7 Å². The standard InChI is InChI=1S/C10H10Br2N2O.BrH/c1-3-14-5(2)13-9-7(14)4-6(11)10(15)8(9)12;/h4,15H,3H2,1-2H3;1H. The van der Waals surface area contributed by atoms with Crippen molar-refractivity contribution >= 4 is 59.9 Å². The van der Waals surface area contributed by atoms with Gasteiger partial charge in [-0.15, -0.1) is 17.0 Å². The molecule has 0 aliphatic rings. The van der Waals surface area contributed by atoms with E-state index >= 15 is 0 Å². The van der Waals surface area contributed by atoms with Gasteiger partial charge in [0, 0.05) is 6.54 Å². The molecule has 0 fully saturated rings. The van der Waals surface area contributed by atoms with Crippen LogP contribution in [0.15, 0.2) is 15.0 Å². The maximum atomic E-state index is 9.73. The van der Waals surface area contributed by atoms with Gasteiger partial charge in [-0.1, -0.05) is 0 Å². The summed E-state index contributed by atoms with van der Waals surface area (Å²) >= 11 is 6.67. The number of phenols is 1. The lowest BCUT2D eigenvalue weighted by Crippen LogP contribution is -1.96. The van der Waals surface area contributed by atoms with Gasteiger partial charge < -0.3 is 9.67 Å². The molecule has 1 aromatic heterocycles. The maximum absolute atomic E-state index is 9.73. The van der Waals surface area contributed by atoms with Gasteiger partial charge in [0.25, 0.3) is 0 Å². The summed E-state index contributed by atoms with van der Waals surface area (Å²) in [4.78, 5) is 4.42. The minimum Gasteiger partial charge on any atom is -0.505 e. The van der Waals surface area contributed by atoms with E-state index in [4.69, 9.17) is 0 Å². The Bertz CT molecular complexity index is 537. The van der Waals surface area contributed by atoms with Gasteiger partial charge in [0.2, 0.25) is 0 Å². The number of aryl methyl sites for hydroxylation is 2. The lowest BCUT2D eigenvalue weighted by atomic mass is 10.3. The van der Waals surface area contributed by atoms with E-state index in [1.807, 2.05) is 13.0 Å². The Labute approximate surface area is 121 Å². The quantitative estimate of drug-likeness (QED) is 0.760. The Hall–Kier alpha value is -0.0700. The summed E-state index contributed by atoms with van der Waals surface area (Å²) in [6, 6.07) is 1.89. The first-order chi connectivity index (χ1) is 7.06. The van der Waals surface area contributed by atoms with Crippen molar-refractivity contribution in [3.05, 3.63) is 20.8 Å². The molecule has 88 valence electrons. The Kier molecular flexibility index (Phi) is 4.42. The molecule has 0 bridgehead atoms. The van der Waals surface area contributed by atoms with E-state index < -0.39 is 0 Å². The van der Waals surface area contributed by atoms with E-state index in [9.17, 15) is 5.11 Å². The first-order valence-electron chi connectivity index (χ1n) is 4.60. The van der Waals surface area contributed by atoms with Crippen LogP contribution in [0.5, 0.6) is 5.75 Å². The fraction of sp³-hybridized carbons (Fsp3) is 0.300. The van der Waals surface area contributed by atoms with Crippen LogP contribution in [0, 0.1) is 6.92 Å². The van der Waals surface area contributed by atoms with Crippen LogP contribution in [0.3, 0.4) is 0 Å². The van der Waals surface area contributed by atoms with Crippen molar-refractivity contribution in [3.63, 3.8) is 0 Å². The van der Waals surface area contributed by atoms with Crippen molar-refractivity contribution in [2.45, 2.75) is 20.4 Å². The molecule has 1 aromatic carbocycles. The molecule has 1 N–H and O–H groups in total. The molecule has 2 rings (SSSR count). The van der Waals surface area contributed by atoms with E-state index in [1.54, 1.807) is 0 Å². The molecule has 0 spiro atoms. The summed E-state index contributed by atoms with van der Waals surface area (Å²) in [6.45, 7) is 4.90. The molecule has 0 amide bonds. The smallest absolute Gasteiger partial charge is 0.146 e. The average Bonchev–Trinajstić information content (AvgIpc) is 2.51. The highest BCUT2D eigenvalue weighted by molar-refractivity contribution is 9.11. The van der Waals surface area contributed by atoms with Crippen LogP contribution in [0.25, 0.3) is 11.0 Å². The van der Waals surface area contributed by atoms with Gasteiger partial charge in [0.05, 0.1) is 14.5 Å². The third-order valence-corrected chi connectivity index (χ3v) is 3.77. The Morgan fingerprint density at radius 3 is 2.62 bits per heavy atom. The first kappa shape index (κ1) is 14.0. The number of aromatic nitrogens is 2. The molecule has 1 heterocycles. The first-order valence-corrected chi connectivity index (χ1v) is 6.18. The predicted molar refractivity (Wildman–Crippen MR) is 77.5 cm³/mol. The van der Waals surface area contributed by atoms with Crippen LogP contribution in [-0.4, -0.2) is 14.7 Å². The van der Waals surface area contributed by atoms with E-state index in [0.717, 1.165) is 23.4 Å². The second kappa shape index (κ2) is 5.06. The summed E-state index contributed by atoms with van der Waals surface area (Å²) in [7, 11) is 0. The van der Waals surface area contributed by atoms with Gasteiger partial charge in [0.1, 0.15) is 17.1 Å². The Morgan fingerprint density at radius 1 is 1.44 bits per heavy atom. The molecule has 6 heteroatoms. The normalized spacial score (nSPS) is 10.5. The largest absolute Gasteiger partial charge is 0.505 e. The Morgan fingerprint density at radius 2 is 2.06 bits per heavy atom. The zero-order chi connectivity index (χ0) is 11.2. The van der Waals surface area contributed by atoms with Crippen molar-refractivity contribution in [2.75, 3.05) is 0 Å². The molecule has 0 aliphatic carbocycles. The van der Waals surface area contributed by atoms with Gasteiger partial charge in [-0.3, -0.25) is 0 Å². The zero-order valence-corrected chi connectivity index (χ0v) is 13.7. The van der Waals surface area contributed by atoms with E-state index in [1.165, 1.54) is 0 Å². The zero-order valence-electron chi connectivity index (χ0n) is 8.79. The average molecular weight is 415 g/mol. The number of fused-ring (bicyclic) bond motifs is 1. The highest BCUT2D eigenvalue weighted by Gasteiger charge is 2.14. The second-order valence-corrected chi connectivity index (χ2v) is 4.94. The molecular weight excluding hydrogens is 404 g/mol. The van der Waals surface area contributed by atoms with Gasteiger partial charge in [-0.25, -0.2) is 4.98 Å². The monoisotopic (exact) mass is 412 g/mol. The van der Waals surface area contributed by atoms with Crippen molar-refractivity contribution in [2.24, 2.45) is 0 Å². The number of phenolic OH excluding ortho intramolecular Hbond substituents is 1. The Balaban J connectivity index is 0.00000128. The summed E-state index contributed by atoms with van der Waals surface area (Å²) in [5, 5.41) is 9.73. The van der Waals surface area contributed by atoms with Crippen molar-refractivity contribution in [3.8, 4) is 5.75 Å². The lowest BCUT2D eigenvalue weighted by molar-refractivity contribution is 0.469. The maximum Gasteiger partial charge on any atom is 0.146 e. The number of nitrogens with zero attached hydrogens (tertiary/aromatic N) is 2. The van der Waals surface area contributed by atoms with Crippen molar-refractivity contribution in [1.82, 2.24) is 9.55 Å². The lowest BCUT2D eigenvalue weighted by Gasteiger charge is -2.04. The number of aromatic hydroxyl groups is 1. The summed E-state index contributed by atoms with van der Waals surface area (Å²) in [5.74, 6) is 1.15. The summed E-state index contributed by atoms with van der Waals surface area (Å²) in [5.41, 5.74) is 1.82. The van der Waals surface area contributed by atoms with Crippen LogP contribution in [-0.2, 0) is 6.54 Å². The fourth-order valence-electron chi connectivity index (χ4n) is 1.69. The van der Waals surface area contributed by atoms with Gasteiger partial charge in [0.15, 0.2) is 0 Å². The number of halogens is 3. The minimum absolute atomic E-state index is 0. The topological polar surface area (TPSA) is 38.0 Å². The third kappa shape index (κ3) is 2.02. The molecule has 3 nitrogen and oxygen atoms in total. The molecule has 0 saturated carbocycles. The molecule has 0 atom stereocenters. The highest BCUT2D eigenvalue weighted by atomic mass is 79.9. The molecule has 0 saturated heterocycles. The van der Waals surface area contributed by atoms with Crippen molar-refractivity contribution in [1.29, 1.82) is 0 Å². The van der Waals surface area contributed by atoms with Crippen LogP contribution in [0.4, 0.5) is 0 Å². The molecule has 0 unspecified atom stereocenters. The highest BCUT2D eigenvalue weighted by Crippen LogP contribution is 2.38. The number of hydrogen-bond acceptors (Lipinski definition) is 2. The van der Waals surface area contributed by atoms with Crippen LogP contribution >= 0.6 is 48.8 Å². The molecular formula is C10H11Br3N2O. The summed E-state index contributed by atoms with van der Waals surface area (Å²) in [6.07, 6.45) is 0. The number of hydrogen-bond donors (Lipinski definition) is 1. The van der Waals surface area contributed by atoms with Crippen LogP contribution in [0.1, 0.15) is 12.7 Å². The van der Waals surface area contributed by atoms with Crippen molar-refractivity contribution < 1.29 is 5.11 Å². The van der Waals surface area contributed by atoms with Gasteiger partial charge in [-0.2, -0.15) is 0 Å².